The first kappa shape index (κ1) is 18.1. The van der Waals surface area contributed by atoms with E-state index in [0.717, 1.165) is 32.6 Å². The van der Waals surface area contributed by atoms with E-state index < -0.39 is 11.9 Å². The summed E-state index contributed by atoms with van der Waals surface area (Å²) < 4.78 is 5.79. The molecular formula is C23H13NO5S. The van der Waals surface area contributed by atoms with Crippen molar-refractivity contribution in [3.05, 3.63) is 77.2 Å². The highest BCUT2D eigenvalue weighted by Gasteiger charge is 2.16. The maximum Gasteiger partial charge on any atom is 0.339 e. The number of fused-ring (bicyclic) bond motifs is 3. The number of aromatic nitrogens is 1. The van der Waals surface area contributed by atoms with E-state index in [1.807, 2.05) is 29.6 Å². The summed E-state index contributed by atoms with van der Waals surface area (Å²) in [5.41, 5.74) is 3.84. The molecule has 2 heterocycles. The Kier molecular flexibility index (Phi) is 4.11. The van der Waals surface area contributed by atoms with Crippen molar-refractivity contribution >= 4 is 45.2 Å². The van der Waals surface area contributed by atoms with Crippen LogP contribution < -0.4 is 0 Å². The Balaban J connectivity index is 1.57. The predicted octanol–water partition coefficient (Wildman–Crippen LogP) is 5.77. The summed E-state index contributed by atoms with van der Waals surface area (Å²) in [6.45, 7) is 0. The molecule has 5 aromatic rings. The topological polar surface area (TPSA) is 101 Å². The maximum absolute atomic E-state index is 11.5. The number of hydrogen-bond acceptors (Lipinski definition) is 5. The van der Waals surface area contributed by atoms with Crippen molar-refractivity contribution in [3.8, 4) is 21.8 Å². The van der Waals surface area contributed by atoms with Crippen LogP contribution in [0.1, 0.15) is 20.7 Å². The van der Waals surface area contributed by atoms with Gasteiger partial charge in [0.1, 0.15) is 21.7 Å². The Labute approximate surface area is 173 Å². The van der Waals surface area contributed by atoms with Gasteiger partial charge in [-0.2, -0.15) is 0 Å². The van der Waals surface area contributed by atoms with Crippen LogP contribution in [0.5, 0.6) is 0 Å². The van der Waals surface area contributed by atoms with Gasteiger partial charge in [-0.15, -0.1) is 11.3 Å². The molecule has 0 saturated heterocycles. The Morgan fingerprint density at radius 1 is 0.867 bits per heavy atom. The normalized spacial score (nSPS) is 11.2. The number of rotatable bonds is 4. The lowest BCUT2D eigenvalue weighted by atomic mass is 10.1. The molecule has 0 atom stereocenters. The van der Waals surface area contributed by atoms with Crippen LogP contribution in [0.4, 0.5) is 0 Å². The molecule has 0 saturated carbocycles. The number of para-hydroxylation sites is 1. The minimum Gasteiger partial charge on any atom is -0.478 e. The zero-order valence-corrected chi connectivity index (χ0v) is 16.1. The van der Waals surface area contributed by atoms with Crippen molar-refractivity contribution in [2.24, 2.45) is 0 Å². The van der Waals surface area contributed by atoms with Crippen LogP contribution in [-0.4, -0.2) is 27.1 Å². The second kappa shape index (κ2) is 6.82. The van der Waals surface area contributed by atoms with Gasteiger partial charge in [-0.3, -0.25) is 0 Å². The number of furan rings is 1. The average Bonchev–Trinajstić information content (AvgIpc) is 3.38. The number of benzene rings is 3. The molecule has 0 amide bonds. The summed E-state index contributed by atoms with van der Waals surface area (Å²) in [6, 6.07) is 17.3. The summed E-state index contributed by atoms with van der Waals surface area (Å²) in [6.07, 6.45) is 0. The largest absolute Gasteiger partial charge is 0.478 e. The Morgan fingerprint density at radius 2 is 1.63 bits per heavy atom. The maximum atomic E-state index is 11.5. The molecule has 2 N–H and O–H groups in total. The fourth-order valence-corrected chi connectivity index (χ4v) is 4.26. The first-order valence-corrected chi connectivity index (χ1v) is 9.87. The lowest BCUT2D eigenvalue weighted by Crippen LogP contribution is -1.95. The van der Waals surface area contributed by atoms with Gasteiger partial charge in [-0.1, -0.05) is 24.3 Å². The third-order valence-corrected chi connectivity index (χ3v) is 5.80. The van der Waals surface area contributed by atoms with Gasteiger partial charge >= 0.3 is 11.9 Å². The molecule has 0 bridgehead atoms. The lowest BCUT2D eigenvalue weighted by molar-refractivity contribution is 0.0686. The Morgan fingerprint density at radius 3 is 2.37 bits per heavy atom. The van der Waals surface area contributed by atoms with E-state index in [1.165, 1.54) is 17.4 Å². The highest BCUT2D eigenvalue weighted by atomic mass is 32.1. The molecule has 5 rings (SSSR count). The van der Waals surface area contributed by atoms with Gasteiger partial charge < -0.3 is 14.6 Å². The molecule has 0 fully saturated rings. The molecule has 30 heavy (non-hydrogen) atoms. The van der Waals surface area contributed by atoms with E-state index >= 15 is 0 Å². The van der Waals surface area contributed by atoms with Gasteiger partial charge in [0.2, 0.25) is 0 Å². The van der Waals surface area contributed by atoms with Crippen molar-refractivity contribution in [1.29, 1.82) is 0 Å². The van der Waals surface area contributed by atoms with Crippen LogP contribution >= 0.6 is 11.3 Å². The van der Waals surface area contributed by atoms with Crippen LogP contribution in [0, 0.1) is 0 Å². The molecule has 0 unspecified atom stereocenters. The molecule has 6 nitrogen and oxygen atoms in total. The van der Waals surface area contributed by atoms with Crippen LogP contribution in [0.15, 0.2) is 70.5 Å². The van der Waals surface area contributed by atoms with Crippen LogP contribution in [0.25, 0.3) is 43.8 Å². The molecule has 3 aromatic carbocycles. The van der Waals surface area contributed by atoms with Crippen molar-refractivity contribution in [1.82, 2.24) is 4.98 Å². The van der Waals surface area contributed by atoms with E-state index in [2.05, 4.69) is 4.98 Å². The van der Waals surface area contributed by atoms with Gasteiger partial charge in [0.25, 0.3) is 0 Å². The van der Waals surface area contributed by atoms with E-state index in [-0.39, 0.29) is 11.1 Å². The predicted molar refractivity (Wildman–Crippen MR) is 114 cm³/mol. The fraction of sp³-hybridized carbons (Fsp3) is 0. The Bertz CT molecular complexity index is 1450. The number of hydrogen-bond donors (Lipinski definition) is 2. The highest BCUT2D eigenvalue weighted by Crippen LogP contribution is 2.35. The summed E-state index contributed by atoms with van der Waals surface area (Å²) in [5, 5.41) is 22.7. The molecule has 0 radical (unpaired) electrons. The highest BCUT2D eigenvalue weighted by molar-refractivity contribution is 7.13. The smallest absolute Gasteiger partial charge is 0.339 e. The van der Waals surface area contributed by atoms with E-state index in [0.29, 0.717) is 11.2 Å². The number of nitrogens with zero attached hydrogens (tertiary/aromatic N) is 1. The number of aromatic carboxylic acids is 2. The van der Waals surface area contributed by atoms with Crippen molar-refractivity contribution < 1.29 is 24.2 Å². The zero-order valence-electron chi connectivity index (χ0n) is 15.3. The molecule has 0 aliphatic rings. The third-order valence-electron chi connectivity index (χ3n) is 4.91. The Hall–Kier alpha value is -3.97. The molecule has 0 aliphatic heterocycles. The van der Waals surface area contributed by atoms with Crippen molar-refractivity contribution in [2.45, 2.75) is 0 Å². The third kappa shape index (κ3) is 2.92. The van der Waals surface area contributed by atoms with E-state index in [4.69, 9.17) is 9.52 Å². The molecular weight excluding hydrogens is 402 g/mol. The van der Waals surface area contributed by atoms with E-state index in [9.17, 15) is 14.7 Å². The van der Waals surface area contributed by atoms with Gasteiger partial charge in [0.05, 0.1) is 11.3 Å². The zero-order chi connectivity index (χ0) is 20.8. The standard InChI is InChI=1S/C23H13NO5S/c25-22(26)13-6-4-12(5-7-13)21-24-18(11-30-21)14-8-9-19-17(10-14)15-2-1-3-16(23(27)28)20(15)29-19/h1-11H,(H,25,26)(H,27,28). The summed E-state index contributed by atoms with van der Waals surface area (Å²) in [7, 11) is 0. The van der Waals surface area contributed by atoms with Gasteiger partial charge in [-0.05, 0) is 36.4 Å². The molecule has 146 valence electrons. The lowest BCUT2D eigenvalue weighted by Gasteiger charge is -1.99. The molecule has 7 heteroatoms. The second-order valence-corrected chi connectivity index (χ2v) is 7.58. The van der Waals surface area contributed by atoms with E-state index in [1.54, 1.807) is 30.3 Å². The van der Waals surface area contributed by atoms with Crippen LogP contribution in [0.3, 0.4) is 0 Å². The first-order chi connectivity index (χ1) is 14.5. The number of carboxylic acids is 2. The van der Waals surface area contributed by atoms with Crippen LogP contribution in [-0.2, 0) is 0 Å². The molecule has 0 aliphatic carbocycles. The van der Waals surface area contributed by atoms with Gasteiger partial charge in [-0.25, -0.2) is 14.6 Å². The monoisotopic (exact) mass is 415 g/mol. The summed E-state index contributed by atoms with van der Waals surface area (Å²) >= 11 is 1.47. The average molecular weight is 415 g/mol. The second-order valence-electron chi connectivity index (χ2n) is 6.72. The minimum absolute atomic E-state index is 0.131. The van der Waals surface area contributed by atoms with Crippen molar-refractivity contribution in [2.75, 3.05) is 0 Å². The van der Waals surface area contributed by atoms with Crippen LogP contribution in [0.2, 0.25) is 0 Å². The van der Waals surface area contributed by atoms with Gasteiger partial charge in [0, 0.05) is 27.3 Å². The molecule has 0 spiro atoms. The fourth-order valence-electron chi connectivity index (χ4n) is 3.42. The molecule has 2 aromatic heterocycles. The number of carboxylic acid groups (broad SMARTS) is 2. The SMILES string of the molecule is O=C(O)c1ccc(-c2nc(-c3ccc4oc5c(C(=O)O)cccc5c4c3)cs2)cc1. The summed E-state index contributed by atoms with van der Waals surface area (Å²) in [4.78, 5) is 27.2. The first-order valence-electron chi connectivity index (χ1n) is 8.99. The quantitative estimate of drug-likeness (QED) is 0.386. The number of carbonyl (C=O) groups is 2. The summed E-state index contributed by atoms with van der Waals surface area (Å²) in [5.74, 6) is -1.99. The van der Waals surface area contributed by atoms with Gasteiger partial charge in [0.15, 0.2) is 0 Å². The minimum atomic E-state index is -1.03. The number of thiazole rings is 1. The van der Waals surface area contributed by atoms with Crippen molar-refractivity contribution in [3.63, 3.8) is 0 Å².